The molecular weight excluding hydrogens is 392 g/mol. The van der Waals surface area contributed by atoms with Gasteiger partial charge < -0.3 is 14.6 Å². The van der Waals surface area contributed by atoms with Gasteiger partial charge in [0.15, 0.2) is 0 Å². The number of rotatable bonds is 5. The maximum absolute atomic E-state index is 12.6. The zero-order valence-electron chi connectivity index (χ0n) is 15.4. The van der Waals surface area contributed by atoms with Gasteiger partial charge in [-0.2, -0.15) is 0 Å². The van der Waals surface area contributed by atoms with Crippen LogP contribution in [-0.2, 0) is 11.3 Å². The summed E-state index contributed by atoms with van der Waals surface area (Å²) in [7, 11) is 0. The summed E-state index contributed by atoms with van der Waals surface area (Å²) in [5.41, 5.74) is 7.30. The molecule has 3 heterocycles. The second-order valence-electron chi connectivity index (χ2n) is 6.44. The van der Waals surface area contributed by atoms with Crippen LogP contribution in [-0.4, -0.2) is 22.0 Å². The number of carbonyl (C=O) groups is 3. The second kappa shape index (κ2) is 7.48. The summed E-state index contributed by atoms with van der Waals surface area (Å²) in [4.78, 5) is 37.5. The van der Waals surface area contributed by atoms with Gasteiger partial charge in [0.25, 0.3) is 11.1 Å². The van der Waals surface area contributed by atoms with Crippen LogP contribution in [0.5, 0.6) is 0 Å². The molecule has 3 aromatic rings. The van der Waals surface area contributed by atoms with Crippen LogP contribution < -0.4 is 5.73 Å². The quantitative estimate of drug-likeness (QED) is 0.635. The molecule has 1 aromatic carbocycles. The van der Waals surface area contributed by atoms with Crippen LogP contribution >= 0.6 is 11.8 Å². The Hall–Kier alpha value is -3.52. The normalized spacial score (nSPS) is 15.5. The van der Waals surface area contributed by atoms with Crippen molar-refractivity contribution in [1.82, 2.24) is 4.90 Å². The Bertz CT molecular complexity index is 1140. The molecule has 0 aliphatic carbocycles. The minimum absolute atomic E-state index is 0.0872. The number of hydrogen-bond acceptors (Lipinski definition) is 6. The van der Waals surface area contributed by atoms with Gasteiger partial charge in [-0.15, -0.1) is 0 Å². The average Bonchev–Trinajstić information content (AvgIpc) is 3.41. The topological polar surface area (TPSA) is 107 Å². The SMILES string of the molecule is Cc1cc(-c2ccc(/C=C3/SC(=O)N(Cc4ccco4)C3=O)o2)ccc1C(N)=O. The monoisotopic (exact) mass is 408 g/mol. The van der Waals surface area contributed by atoms with E-state index < -0.39 is 11.8 Å². The summed E-state index contributed by atoms with van der Waals surface area (Å²) in [6.07, 6.45) is 3.04. The van der Waals surface area contributed by atoms with Gasteiger partial charge in [0.05, 0.1) is 17.7 Å². The lowest BCUT2D eigenvalue weighted by Gasteiger charge is -2.09. The number of hydrogen-bond donors (Lipinski definition) is 1. The Balaban J connectivity index is 1.55. The molecule has 1 saturated heterocycles. The van der Waals surface area contributed by atoms with Crippen LogP contribution in [0.2, 0.25) is 0 Å². The van der Waals surface area contributed by atoms with Crippen molar-refractivity contribution in [3.63, 3.8) is 0 Å². The van der Waals surface area contributed by atoms with E-state index in [1.807, 2.05) is 0 Å². The second-order valence-corrected chi connectivity index (χ2v) is 7.44. The first kappa shape index (κ1) is 18.8. The third-order valence-corrected chi connectivity index (χ3v) is 5.35. The smallest absolute Gasteiger partial charge is 0.293 e. The number of nitrogens with zero attached hydrogens (tertiary/aromatic N) is 1. The number of nitrogens with two attached hydrogens (primary N) is 1. The molecular formula is C21H16N2O5S. The molecule has 3 amide bonds. The van der Waals surface area contributed by atoms with Crippen molar-refractivity contribution in [1.29, 1.82) is 0 Å². The molecule has 1 fully saturated rings. The number of aryl methyl sites for hydroxylation is 1. The zero-order chi connectivity index (χ0) is 20.5. The fraction of sp³-hybridized carbons (Fsp3) is 0.0952. The van der Waals surface area contributed by atoms with E-state index in [0.29, 0.717) is 22.8 Å². The summed E-state index contributed by atoms with van der Waals surface area (Å²) < 4.78 is 11.0. The summed E-state index contributed by atoms with van der Waals surface area (Å²) in [5, 5.41) is -0.359. The molecule has 7 nitrogen and oxygen atoms in total. The molecule has 0 atom stereocenters. The molecule has 2 N–H and O–H groups in total. The lowest BCUT2D eigenvalue weighted by molar-refractivity contribution is -0.123. The molecule has 0 bridgehead atoms. The highest BCUT2D eigenvalue weighted by atomic mass is 32.2. The third kappa shape index (κ3) is 3.74. The lowest BCUT2D eigenvalue weighted by atomic mass is 10.0. The highest BCUT2D eigenvalue weighted by Crippen LogP contribution is 2.34. The molecule has 0 saturated carbocycles. The summed E-state index contributed by atoms with van der Waals surface area (Å²) >= 11 is 0.857. The standard InChI is InChI=1S/C21H16N2O5S/c1-12-9-13(4-6-16(12)19(22)24)17-7-5-14(28-17)10-18-20(25)23(21(26)29-18)11-15-3-2-8-27-15/h2-10H,11H2,1H3,(H2,22,24)/b18-10+. The average molecular weight is 408 g/mol. The lowest BCUT2D eigenvalue weighted by Crippen LogP contribution is -2.27. The minimum atomic E-state index is -0.487. The van der Waals surface area contributed by atoms with Gasteiger partial charge in [-0.1, -0.05) is 6.07 Å². The summed E-state index contributed by atoms with van der Waals surface area (Å²) in [6, 6.07) is 12.1. The Morgan fingerprint density at radius 3 is 2.72 bits per heavy atom. The van der Waals surface area contributed by atoms with Crippen LogP contribution in [0.25, 0.3) is 17.4 Å². The minimum Gasteiger partial charge on any atom is -0.467 e. The Morgan fingerprint density at radius 1 is 1.21 bits per heavy atom. The highest BCUT2D eigenvalue weighted by Gasteiger charge is 2.35. The Labute approximate surface area is 170 Å². The predicted octanol–water partition coefficient (Wildman–Crippen LogP) is 4.18. The molecule has 0 spiro atoms. The van der Waals surface area contributed by atoms with Gasteiger partial charge in [-0.3, -0.25) is 19.3 Å². The van der Waals surface area contributed by atoms with Gasteiger partial charge in [-0.25, -0.2) is 0 Å². The van der Waals surface area contributed by atoms with E-state index in [1.165, 1.54) is 6.26 Å². The third-order valence-electron chi connectivity index (χ3n) is 4.44. The van der Waals surface area contributed by atoms with Gasteiger partial charge >= 0.3 is 0 Å². The van der Waals surface area contributed by atoms with Crippen molar-refractivity contribution < 1.29 is 23.2 Å². The number of benzene rings is 1. The van der Waals surface area contributed by atoms with Crippen LogP contribution in [0.3, 0.4) is 0 Å². The predicted molar refractivity (Wildman–Crippen MR) is 108 cm³/mol. The first-order valence-electron chi connectivity index (χ1n) is 8.71. The molecule has 146 valence electrons. The fourth-order valence-electron chi connectivity index (χ4n) is 3.00. The van der Waals surface area contributed by atoms with Crippen molar-refractivity contribution in [3.05, 3.63) is 76.3 Å². The fourth-order valence-corrected chi connectivity index (χ4v) is 3.82. The molecule has 4 rings (SSSR count). The maximum Gasteiger partial charge on any atom is 0.293 e. The molecule has 2 aromatic heterocycles. The van der Waals surface area contributed by atoms with E-state index in [1.54, 1.807) is 55.5 Å². The van der Waals surface area contributed by atoms with Gasteiger partial charge in [0, 0.05) is 17.2 Å². The largest absolute Gasteiger partial charge is 0.467 e. The van der Waals surface area contributed by atoms with Gasteiger partial charge in [-0.05, 0) is 60.6 Å². The van der Waals surface area contributed by atoms with E-state index in [-0.39, 0.29) is 16.7 Å². The summed E-state index contributed by atoms with van der Waals surface area (Å²) in [5.74, 6) is 0.671. The van der Waals surface area contributed by atoms with E-state index >= 15 is 0 Å². The molecule has 0 unspecified atom stereocenters. The van der Waals surface area contributed by atoms with Gasteiger partial charge in [0.2, 0.25) is 5.91 Å². The van der Waals surface area contributed by atoms with Crippen molar-refractivity contribution in [2.45, 2.75) is 13.5 Å². The molecule has 29 heavy (non-hydrogen) atoms. The number of furan rings is 2. The van der Waals surface area contributed by atoms with Crippen LogP contribution in [0.1, 0.15) is 27.4 Å². The maximum atomic E-state index is 12.6. The first-order valence-corrected chi connectivity index (χ1v) is 9.52. The van der Waals surface area contributed by atoms with E-state index in [9.17, 15) is 14.4 Å². The zero-order valence-corrected chi connectivity index (χ0v) is 16.2. The van der Waals surface area contributed by atoms with Crippen molar-refractivity contribution in [2.75, 3.05) is 0 Å². The Morgan fingerprint density at radius 2 is 2.03 bits per heavy atom. The number of carbonyl (C=O) groups excluding carboxylic acids is 3. The number of imide groups is 1. The van der Waals surface area contributed by atoms with Crippen LogP contribution in [0.4, 0.5) is 4.79 Å². The highest BCUT2D eigenvalue weighted by molar-refractivity contribution is 8.18. The van der Waals surface area contributed by atoms with Crippen molar-refractivity contribution >= 4 is 34.9 Å². The van der Waals surface area contributed by atoms with E-state index in [2.05, 4.69) is 0 Å². The first-order chi connectivity index (χ1) is 13.9. The number of primary amides is 1. The van der Waals surface area contributed by atoms with Crippen LogP contribution in [0.15, 0.2) is 62.5 Å². The van der Waals surface area contributed by atoms with Crippen molar-refractivity contribution in [3.8, 4) is 11.3 Å². The van der Waals surface area contributed by atoms with E-state index in [0.717, 1.165) is 27.8 Å². The Kier molecular flexibility index (Phi) is 4.85. The van der Waals surface area contributed by atoms with Crippen molar-refractivity contribution in [2.24, 2.45) is 5.73 Å². The van der Waals surface area contributed by atoms with Gasteiger partial charge in [0.1, 0.15) is 17.3 Å². The van der Waals surface area contributed by atoms with Crippen LogP contribution in [0, 0.1) is 6.92 Å². The summed E-state index contributed by atoms with van der Waals surface area (Å²) in [6.45, 7) is 1.88. The molecule has 8 heteroatoms. The molecule has 1 aliphatic heterocycles. The molecule has 1 aliphatic rings. The molecule has 0 radical (unpaired) electrons. The van der Waals surface area contributed by atoms with E-state index in [4.69, 9.17) is 14.6 Å². The number of amides is 3. The number of thioether (sulfide) groups is 1.